The Hall–Kier alpha value is -3.42. The summed E-state index contributed by atoms with van der Waals surface area (Å²) in [6, 6.07) is 13.0. The summed E-state index contributed by atoms with van der Waals surface area (Å²) in [7, 11) is 1.66. The van der Waals surface area contributed by atoms with Gasteiger partial charge in [-0.15, -0.1) is 0 Å². The Morgan fingerprint density at radius 3 is 2.41 bits per heavy atom. The van der Waals surface area contributed by atoms with Crippen molar-refractivity contribution in [3.05, 3.63) is 64.8 Å². The van der Waals surface area contributed by atoms with Gasteiger partial charge in [0.15, 0.2) is 0 Å². The van der Waals surface area contributed by atoms with E-state index in [0.29, 0.717) is 5.52 Å². The van der Waals surface area contributed by atoms with Crippen LogP contribution < -0.4 is 10.6 Å². The SMILES string of the molecule is CCOC(=O)CN(C(=O)CCn1c(=O)n(C)c2ccccc21)c1ccccc1F. The molecule has 0 aliphatic rings. The summed E-state index contributed by atoms with van der Waals surface area (Å²) in [5, 5.41) is 0. The second-order valence-electron chi connectivity index (χ2n) is 6.47. The summed E-state index contributed by atoms with van der Waals surface area (Å²) in [6.45, 7) is 1.51. The molecule has 3 rings (SSSR count). The zero-order valence-electron chi connectivity index (χ0n) is 16.3. The number of imidazole rings is 1. The van der Waals surface area contributed by atoms with E-state index < -0.39 is 24.2 Å². The average molecular weight is 399 g/mol. The van der Waals surface area contributed by atoms with Gasteiger partial charge in [0.25, 0.3) is 0 Å². The maximum absolute atomic E-state index is 14.3. The molecule has 0 spiro atoms. The number of ether oxygens (including phenoxy) is 1. The van der Waals surface area contributed by atoms with Crippen molar-refractivity contribution in [1.82, 2.24) is 9.13 Å². The van der Waals surface area contributed by atoms with E-state index in [-0.39, 0.29) is 30.9 Å². The van der Waals surface area contributed by atoms with Crippen molar-refractivity contribution < 1.29 is 18.7 Å². The van der Waals surface area contributed by atoms with Crippen LogP contribution in [-0.2, 0) is 27.9 Å². The van der Waals surface area contributed by atoms with E-state index >= 15 is 0 Å². The fourth-order valence-corrected chi connectivity index (χ4v) is 3.24. The molecule has 0 aliphatic carbocycles. The van der Waals surface area contributed by atoms with Crippen molar-refractivity contribution in [2.45, 2.75) is 19.9 Å². The normalized spacial score (nSPS) is 10.9. The van der Waals surface area contributed by atoms with Crippen molar-refractivity contribution in [2.75, 3.05) is 18.1 Å². The zero-order valence-corrected chi connectivity index (χ0v) is 16.3. The lowest BCUT2D eigenvalue weighted by atomic mass is 10.2. The highest BCUT2D eigenvalue weighted by Gasteiger charge is 2.23. The number of nitrogens with zero attached hydrogens (tertiary/aromatic N) is 3. The van der Waals surface area contributed by atoms with Crippen LogP contribution in [0.15, 0.2) is 53.3 Å². The Kier molecular flexibility index (Phi) is 6.11. The molecule has 0 bridgehead atoms. The Labute approximate surface area is 166 Å². The number of para-hydroxylation sites is 3. The molecule has 1 amide bonds. The van der Waals surface area contributed by atoms with Crippen molar-refractivity contribution in [3.8, 4) is 0 Å². The maximum Gasteiger partial charge on any atom is 0.328 e. The van der Waals surface area contributed by atoms with Gasteiger partial charge < -0.3 is 4.74 Å². The highest BCUT2D eigenvalue weighted by atomic mass is 19.1. The van der Waals surface area contributed by atoms with Crippen LogP contribution in [0.1, 0.15) is 13.3 Å². The third-order valence-electron chi connectivity index (χ3n) is 4.64. The van der Waals surface area contributed by atoms with Crippen molar-refractivity contribution in [3.63, 3.8) is 0 Å². The summed E-state index contributed by atoms with van der Waals surface area (Å²) in [5.74, 6) is -1.73. The third-order valence-corrected chi connectivity index (χ3v) is 4.64. The van der Waals surface area contributed by atoms with Gasteiger partial charge in [-0.05, 0) is 31.2 Å². The van der Waals surface area contributed by atoms with E-state index in [1.54, 1.807) is 26.1 Å². The monoisotopic (exact) mass is 399 g/mol. The molecule has 0 unspecified atom stereocenters. The van der Waals surface area contributed by atoms with Crippen molar-refractivity contribution >= 4 is 28.6 Å². The summed E-state index contributed by atoms with van der Waals surface area (Å²) < 4.78 is 22.2. The molecule has 0 radical (unpaired) electrons. The first-order chi connectivity index (χ1) is 13.9. The topological polar surface area (TPSA) is 73.5 Å². The first-order valence-corrected chi connectivity index (χ1v) is 9.28. The predicted octanol–water partition coefficient (Wildman–Crippen LogP) is 2.47. The predicted molar refractivity (Wildman–Crippen MR) is 107 cm³/mol. The zero-order chi connectivity index (χ0) is 21.0. The number of carbonyl (C=O) groups is 2. The van der Waals surface area contributed by atoms with Crippen LogP contribution in [-0.4, -0.2) is 34.2 Å². The average Bonchev–Trinajstić information content (AvgIpc) is 2.96. The number of amides is 1. The molecular formula is C21H22FN3O4. The van der Waals surface area contributed by atoms with Crippen LogP contribution in [0.3, 0.4) is 0 Å². The molecule has 7 nitrogen and oxygen atoms in total. The lowest BCUT2D eigenvalue weighted by Crippen LogP contribution is -2.38. The van der Waals surface area contributed by atoms with Gasteiger partial charge >= 0.3 is 11.7 Å². The number of hydrogen-bond acceptors (Lipinski definition) is 4. The number of aromatic nitrogens is 2. The Morgan fingerprint density at radius 1 is 1.07 bits per heavy atom. The molecule has 1 heterocycles. The second kappa shape index (κ2) is 8.72. The molecular weight excluding hydrogens is 377 g/mol. The molecule has 0 N–H and O–H groups in total. The standard InChI is InChI=1S/C21H22FN3O4/c1-3-29-20(27)14-25(16-9-5-4-8-15(16)22)19(26)12-13-24-18-11-7-6-10-17(18)23(2)21(24)28/h4-11H,3,12-14H2,1-2H3. The van der Waals surface area contributed by atoms with Gasteiger partial charge in [-0.25, -0.2) is 9.18 Å². The van der Waals surface area contributed by atoms with E-state index in [2.05, 4.69) is 0 Å². The van der Waals surface area contributed by atoms with Gasteiger partial charge in [-0.2, -0.15) is 0 Å². The molecule has 0 atom stereocenters. The molecule has 0 fully saturated rings. The smallest absolute Gasteiger partial charge is 0.328 e. The van der Waals surface area contributed by atoms with E-state index in [0.717, 1.165) is 10.4 Å². The highest BCUT2D eigenvalue weighted by molar-refractivity contribution is 5.97. The van der Waals surface area contributed by atoms with E-state index in [4.69, 9.17) is 4.74 Å². The largest absolute Gasteiger partial charge is 0.465 e. The minimum atomic E-state index is -0.633. The molecule has 0 saturated carbocycles. The molecule has 8 heteroatoms. The molecule has 0 saturated heterocycles. The van der Waals surface area contributed by atoms with Crippen LogP contribution in [0.25, 0.3) is 11.0 Å². The van der Waals surface area contributed by atoms with Gasteiger partial charge in [-0.1, -0.05) is 24.3 Å². The number of benzene rings is 2. The summed E-state index contributed by atoms with van der Waals surface area (Å²) in [4.78, 5) is 38.4. The van der Waals surface area contributed by atoms with Gasteiger partial charge in [0, 0.05) is 20.0 Å². The molecule has 3 aromatic rings. The van der Waals surface area contributed by atoms with Crippen LogP contribution in [0.5, 0.6) is 0 Å². The van der Waals surface area contributed by atoms with Crippen molar-refractivity contribution in [1.29, 1.82) is 0 Å². The first kappa shape index (κ1) is 20.3. The lowest BCUT2D eigenvalue weighted by Gasteiger charge is -2.22. The minimum absolute atomic E-state index is 0.00387. The van der Waals surface area contributed by atoms with E-state index in [9.17, 15) is 18.8 Å². The number of aryl methyl sites for hydroxylation is 2. The quantitative estimate of drug-likeness (QED) is 0.572. The number of halogens is 1. The fourth-order valence-electron chi connectivity index (χ4n) is 3.24. The van der Waals surface area contributed by atoms with E-state index in [1.165, 1.54) is 27.3 Å². The maximum atomic E-state index is 14.3. The molecule has 0 aliphatic heterocycles. The summed E-state index contributed by atoms with van der Waals surface area (Å²) >= 11 is 0. The molecule has 2 aromatic carbocycles. The third kappa shape index (κ3) is 4.21. The van der Waals surface area contributed by atoms with Gasteiger partial charge in [-0.3, -0.25) is 23.6 Å². The van der Waals surface area contributed by atoms with E-state index in [1.807, 2.05) is 18.2 Å². The Bertz CT molecular complexity index is 1100. The van der Waals surface area contributed by atoms with Crippen LogP contribution in [0.4, 0.5) is 10.1 Å². The number of rotatable bonds is 7. The van der Waals surface area contributed by atoms with Crippen LogP contribution in [0.2, 0.25) is 0 Å². The summed E-state index contributed by atoms with van der Waals surface area (Å²) in [5.41, 5.74) is 1.20. The second-order valence-corrected chi connectivity index (χ2v) is 6.47. The van der Waals surface area contributed by atoms with Crippen LogP contribution in [0, 0.1) is 5.82 Å². The number of carbonyl (C=O) groups excluding carboxylic acids is 2. The number of anilines is 1. The molecule has 29 heavy (non-hydrogen) atoms. The van der Waals surface area contributed by atoms with Crippen molar-refractivity contribution in [2.24, 2.45) is 7.05 Å². The fraction of sp³-hybridized carbons (Fsp3) is 0.286. The number of esters is 1. The Balaban J connectivity index is 1.86. The van der Waals surface area contributed by atoms with Crippen LogP contribution >= 0.6 is 0 Å². The Morgan fingerprint density at radius 2 is 1.72 bits per heavy atom. The summed E-state index contributed by atoms with van der Waals surface area (Å²) in [6.07, 6.45) is -0.0817. The molecule has 152 valence electrons. The number of hydrogen-bond donors (Lipinski definition) is 0. The minimum Gasteiger partial charge on any atom is -0.465 e. The molecule has 1 aromatic heterocycles. The lowest BCUT2D eigenvalue weighted by molar-refractivity contribution is -0.142. The number of fused-ring (bicyclic) bond motifs is 1. The van der Waals surface area contributed by atoms with Gasteiger partial charge in [0.2, 0.25) is 5.91 Å². The van der Waals surface area contributed by atoms with Gasteiger partial charge in [0.1, 0.15) is 12.4 Å². The first-order valence-electron chi connectivity index (χ1n) is 9.28. The highest BCUT2D eigenvalue weighted by Crippen LogP contribution is 2.20. The van der Waals surface area contributed by atoms with Gasteiger partial charge in [0.05, 0.1) is 23.3 Å².